The SMILES string of the molecule is COC(=O)[C@H](CC(C)C)NP(=O)(O)OC[C@H]1O[C@@H](n2cc(C)c(=O)[nH]c2=O)C[C@@H]1N=[N+]=[N-]. The summed E-state index contributed by atoms with van der Waals surface area (Å²) in [5.41, 5.74) is 7.86. The molecule has 14 nitrogen and oxygen atoms in total. The first-order chi connectivity index (χ1) is 15.0. The minimum absolute atomic E-state index is 0.0268. The molecule has 5 atom stereocenters. The molecule has 1 aromatic heterocycles. The van der Waals surface area contributed by atoms with Crippen LogP contribution in [-0.2, 0) is 23.4 Å². The Morgan fingerprint density at radius 2 is 2.22 bits per heavy atom. The summed E-state index contributed by atoms with van der Waals surface area (Å²) in [4.78, 5) is 50.7. The third-order valence-electron chi connectivity index (χ3n) is 4.79. The lowest BCUT2D eigenvalue weighted by molar-refractivity contribution is -0.143. The van der Waals surface area contributed by atoms with E-state index in [9.17, 15) is 23.8 Å². The van der Waals surface area contributed by atoms with E-state index >= 15 is 0 Å². The Hall–Kier alpha value is -2.47. The number of hydrogen-bond donors (Lipinski definition) is 3. The molecular weight excluding hydrogens is 447 g/mol. The Bertz CT molecular complexity index is 1030. The van der Waals surface area contributed by atoms with Crippen molar-refractivity contribution in [3.05, 3.63) is 43.0 Å². The van der Waals surface area contributed by atoms with Gasteiger partial charge in [-0.05, 0) is 24.8 Å². The van der Waals surface area contributed by atoms with Gasteiger partial charge < -0.3 is 14.4 Å². The van der Waals surface area contributed by atoms with E-state index in [1.54, 1.807) is 0 Å². The molecule has 32 heavy (non-hydrogen) atoms. The van der Waals surface area contributed by atoms with Crippen molar-refractivity contribution in [2.45, 2.75) is 58.0 Å². The molecule has 1 fully saturated rings. The molecule has 0 spiro atoms. The summed E-state index contributed by atoms with van der Waals surface area (Å²) in [6.07, 6.45) is -0.229. The summed E-state index contributed by atoms with van der Waals surface area (Å²) in [7, 11) is -3.30. The van der Waals surface area contributed by atoms with E-state index in [1.807, 2.05) is 13.8 Å². The Kier molecular flexibility index (Phi) is 8.79. The standard InChI is InChI=1S/C17H27N6O8P/c1-9(2)5-12(16(25)29-4)21-32(27,28)30-8-13-11(20-22-18)6-14(31-13)23-7-10(3)15(24)19-17(23)26/h7,9,11-14H,5-6,8H2,1-4H3,(H,19,24,26)(H2,21,27,28)/t11-,12-,13+,14+/m0/s1. The average Bonchev–Trinajstić information content (AvgIpc) is 3.10. The van der Waals surface area contributed by atoms with E-state index in [0.717, 1.165) is 11.7 Å². The zero-order chi connectivity index (χ0) is 24.1. The number of rotatable bonds is 10. The zero-order valence-electron chi connectivity index (χ0n) is 18.1. The van der Waals surface area contributed by atoms with Gasteiger partial charge in [-0.15, -0.1) is 0 Å². The molecule has 0 radical (unpaired) electrons. The quantitative estimate of drug-likeness (QED) is 0.146. The molecule has 2 rings (SSSR count). The maximum Gasteiger partial charge on any atom is 0.403 e. The molecule has 178 valence electrons. The summed E-state index contributed by atoms with van der Waals surface area (Å²) >= 11 is 0. The number of hydrogen-bond acceptors (Lipinski definition) is 8. The van der Waals surface area contributed by atoms with Gasteiger partial charge in [0, 0.05) is 23.1 Å². The van der Waals surface area contributed by atoms with E-state index in [1.165, 1.54) is 13.1 Å². The molecule has 0 saturated carbocycles. The number of azide groups is 1. The fraction of sp³-hybridized carbons (Fsp3) is 0.706. The van der Waals surface area contributed by atoms with Crippen molar-refractivity contribution in [3.8, 4) is 0 Å². The first-order valence-corrected chi connectivity index (χ1v) is 11.4. The van der Waals surface area contributed by atoms with Crippen LogP contribution in [0.15, 0.2) is 20.9 Å². The Morgan fingerprint density at radius 3 is 2.81 bits per heavy atom. The molecule has 0 amide bonds. The lowest BCUT2D eigenvalue weighted by atomic mass is 10.1. The fourth-order valence-corrected chi connectivity index (χ4v) is 4.28. The van der Waals surface area contributed by atoms with Gasteiger partial charge in [0.1, 0.15) is 12.3 Å². The number of ether oxygens (including phenoxy) is 2. The van der Waals surface area contributed by atoms with Crippen LogP contribution in [0.1, 0.15) is 38.5 Å². The normalized spacial score (nSPS) is 23.4. The van der Waals surface area contributed by atoms with Crippen molar-refractivity contribution in [2.75, 3.05) is 13.7 Å². The van der Waals surface area contributed by atoms with Crippen LogP contribution in [-0.4, -0.2) is 52.3 Å². The number of aromatic nitrogens is 2. The summed E-state index contributed by atoms with van der Waals surface area (Å²) in [5, 5.41) is 5.89. The maximum atomic E-state index is 12.5. The minimum atomic E-state index is -4.47. The predicted octanol–water partition coefficient (Wildman–Crippen LogP) is 1.11. The van der Waals surface area contributed by atoms with Crippen LogP contribution in [0.5, 0.6) is 0 Å². The van der Waals surface area contributed by atoms with Crippen LogP contribution in [0.3, 0.4) is 0 Å². The molecular formula is C17H27N6O8P. The van der Waals surface area contributed by atoms with E-state index in [2.05, 4.69) is 24.8 Å². The predicted molar refractivity (Wildman–Crippen MR) is 112 cm³/mol. The summed E-state index contributed by atoms with van der Waals surface area (Å²) in [6.45, 7) is 4.71. The number of methoxy groups -OCH3 is 1. The molecule has 3 N–H and O–H groups in total. The van der Waals surface area contributed by atoms with Gasteiger partial charge in [-0.1, -0.05) is 19.0 Å². The van der Waals surface area contributed by atoms with Crippen molar-refractivity contribution in [1.82, 2.24) is 14.6 Å². The fourth-order valence-electron chi connectivity index (χ4n) is 3.25. The topological polar surface area (TPSA) is 198 Å². The third kappa shape index (κ3) is 6.76. The van der Waals surface area contributed by atoms with Gasteiger partial charge in [-0.25, -0.2) is 14.4 Å². The Morgan fingerprint density at radius 1 is 1.53 bits per heavy atom. The number of carbonyl (C=O) groups excluding carboxylic acids is 1. The summed E-state index contributed by atoms with van der Waals surface area (Å²) < 4.78 is 29.1. The highest BCUT2D eigenvalue weighted by molar-refractivity contribution is 7.50. The Labute approximate surface area is 183 Å². The molecule has 0 aliphatic carbocycles. The van der Waals surface area contributed by atoms with E-state index in [0.29, 0.717) is 0 Å². The van der Waals surface area contributed by atoms with Gasteiger partial charge in [0.2, 0.25) is 0 Å². The van der Waals surface area contributed by atoms with E-state index in [4.69, 9.17) is 14.8 Å². The molecule has 1 saturated heterocycles. The second-order valence-corrected chi connectivity index (χ2v) is 9.32. The molecule has 0 bridgehead atoms. The molecule has 1 aliphatic rings. The van der Waals surface area contributed by atoms with Gasteiger partial charge >= 0.3 is 19.4 Å². The van der Waals surface area contributed by atoms with Crippen LogP contribution >= 0.6 is 7.75 Å². The number of esters is 1. The summed E-state index contributed by atoms with van der Waals surface area (Å²) in [6, 6.07) is -1.88. The number of nitrogens with zero attached hydrogens (tertiary/aromatic N) is 4. The van der Waals surface area contributed by atoms with Gasteiger partial charge in [0.25, 0.3) is 5.56 Å². The van der Waals surface area contributed by atoms with Crippen molar-refractivity contribution in [3.63, 3.8) is 0 Å². The highest BCUT2D eigenvalue weighted by Crippen LogP contribution is 2.40. The van der Waals surface area contributed by atoms with E-state index < -0.39 is 56.0 Å². The van der Waals surface area contributed by atoms with Crippen molar-refractivity contribution < 1.29 is 28.3 Å². The number of aromatic amines is 1. The van der Waals surface area contributed by atoms with Gasteiger partial charge in [0.05, 0.1) is 25.9 Å². The average molecular weight is 474 g/mol. The lowest BCUT2D eigenvalue weighted by Gasteiger charge is -2.23. The molecule has 1 aliphatic heterocycles. The lowest BCUT2D eigenvalue weighted by Crippen LogP contribution is -2.38. The first kappa shape index (κ1) is 25.8. The molecule has 1 unspecified atom stereocenters. The molecule has 1 aromatic rings. The number of nitrogens with one attached hydrogen (secondary N) is 2. The third-order valence-corrected chi connectivity index (χ3v) is 5.92. The molecule has 15 heteroatoms. The largest absolute Gasteiger partial charge is 0.468 e. The highest BCUT2D eigenvalue weighted by atomic mass is 31.2. The first-order valence-electron chi connectivity index (χ1n) is 9.82. The van der Waals surface area contributed by atoms with Crippen LogP contribution < -0.4 is 16.3 Å². The zero-order valence-corrected chi connectivity index (χ0v) is 19.0. The van der Waals surface area contributed by atoms with E-state index in [-0.39, 0.29) is 24.3 Å². The monoisotopic (exact) mass is 474 g/mol. The number of aryl methyl sites for hydroxylation is 1. The van der Waals surface area contributed by atoms with Gasteiger partial charge in [-0.2, -0.15) is 0 Å². The van der Waals surface area contributed by atoms with Crippen molar-refractivity contribution >= 4 is 13.7 Å². The minimum Gasteiger partial charge on any atom is -0.468 e. The van der Waals surface area contributed by atoms with Gasteiger partial charge in [0.15, 0.2) is 0 Å². The van der Waals surface area contributed by atoms with Crippen LogP contribution in [0, 0.1) is 12.8 Å². The van der Waals surface area contributed by atoms with Gasteiger partial charge in [-0.3, -0.25) is 23.7 Å². The molecule has 0 aromatic carbocycles. The second-order valence-electron chi connectivity index (χ2n) is 7.77. The van der Waals surface area contributed by atoms with Crippen molar-refractivity contribution in [2.24, 2.45) is 11.0 Å². The van der Waals surface area contributed by atoms with Crippen LogP contribution in [0.25, 0.3) is 10.4 Å². The highest BCUT2D eigenvalue weighted by Gasteiger charge is 2.39. The Balaban J connectivity index is 2.13. The number of H-pyrrole nitrogens is 1. The molecule has 2 heterocycles. The maximum absolute atomic E-state index is 12.5. The summed E-state index contributed by atoms with van der Waals surface area (Å²) in [5.74, 6) is -0.688. The van der Waals surface area contributed by atoms with Crippen LogP contribution in [0.2, 0.25) is 0 Å². The second kappa shape index (κ2) is 10.9. The van der Waals surface area contributed by atoms with Crippen molar-refractivity contribution in [1.29, 1.82) is 0 Å². The smallest absolute Gasteiger partial charge is 0.403 e. The number of carbonyl (C=O) groups is 1. The van der Waals surface area contributed by atoms with Crippen LogP contribution in [0.4, 0.5) is 0 Å².